The van der Waals surface area contributed by atoms with Crippen LogP contribution in [0.25, 0.3) is 0 Å². The molecule has 0 aromatic heterocycles. The van der Waals surface area contributed by atoms with E-state index in [1.165, 1.54) is 6.21 Å². The third kappa shape index (κ3) is 8.37. The van der Waals surface area contributed by atoms with E-state index in [4.69, 9.17) is 14.2 Å². The zero-order valence-electron chi connectivity index (χ0n) is 21.4. The number of rotatable bonds is 11. The lowest BCUT2D eigenvalue weighted by Gasteiger charge is -2.13. The van der Waals surface area contributed by atoms with Gasteiger partial charge in [0, 0.05) is 5.69 Å². The molecular weight excluding hydrogens is 488 g/mol. The van der Waals surface area contributed by atoms with Crippen LogP contribution in [0.5, 0.6) is 17.2 Å². The van der Waals surface area contributed by atoms with E-state index in [0.29, 0.717) is 47.4 Å². The zero-order chi connectivity index (χ0) is 27.3. The molecule has 38 heavy (non-hydrogen) atoms. The first-order chi connectivity index (χ1) is 18.4. The van der Waals surface area contributed by atoms with E-state index in [9.17, 15) is 14.4 Å². The second-order valence-electron chi connectivity index (χ2n) is 7.92. The molecule has 0 spiro atoms. The van der Waals surface area contributed by atoms with Crippen molar-refractivity contribution >= 4 is 35.3 Å². The summed E-state index contributed by atoms with van der Waals surface area (Å²) in [6.45, 7) is 6.17. The summed E-state index contributed by atoms with van der Waals surface area (Å²) in [5.74, 6) is -0.922. The number of hydrogen-bond donors (Lipinski definition) is 3. The number of carbonyl (C=O) groups is 3. The van der Waals surface area contributed by atoms with Crippen LogP contribution in [0.2, 0.25) is 0 Å². The summed E-state index contributed by atoms with van der Waals surface area (Å²) in [6, 6.07) is 19.2. The Morgan fingerprint density at radius 1 is 0.789 bits per heavy atom. The van der Waals surface area contributed by atoms with E-state index in [-0.39, 0.29) is 12.5 Å². The maximum absolute atomic E-state index is 12.3. The highest BCUT2D eigenvalue weighted by molar-refractivity contribution is 6.39. The van der Waals surface area contributed by atoms with Crippen LogP contribution in [0.3, 0.4) is 0 Å². The quantitative estimate of drug-likeness (QED) is 0.201. The normalized spacial score (nSPS) is 10.5. The van der Waals surface area contributed by atoms with Gasteiger partial charge in [-0.3, -0.25) is 14.4 Å². The van der Waals surface area contributed by atoms with Gasteiger partial charge in [0.1, 0.15) is 5.75 Å². The Kier molecular flexibility index (Phi) is 10.2. The first-order valence-electron chi connectivity index (χ1n) is 12.0. The molecule has 0 saturated heterocycles. The molecule has 0 unspecified atom stereocenters. The number of nitrogens with one attached hydrogen (secondary N) is 3. The Labute approximate surface area is 221 Å². The maximum atomic E-state index is 12.3. The largest absolute Gasteiger partial charge is 0.492 e. The summed E-state index contributed by atoms with van der Waals surface area (Å²) in [5, 5.41) is 9.11. The molecule has 10 heteroatoms. The molecule has 0 aliphatic heterocycles. The highest BCUT2D eigenvalue weighted by Crippen LogP contribution is 2.28. The van der Waals surface area contributed by atoms with Gasteiger partial charge in [0.2, 0.25) is 0 Å². The van der Waals surface area contributed by atoms with E-state index in [1.54, 1.807) is 42.5 Å². The maximum Gasteiger partial charge on any atom is 0.329 e. The number of carbonyl (C=O) groups excluding carboxylic acids is 3. The van der Waals surface area contributed by atoms with E-state index >= 15 is 0 Å². The van der Waals surface area contributed by atoms with Gasteiger partial charge in [0.25, 0.3) is 5.91 Å². The summed E-state index contributed by atoms with van der Waals surface area (Å²) in [6.07, 6.45) is 1.36. The Morgan fingerprint density at radius 3 is 2.24 bits per heavy atom. The Balaban J connectivity index is 1.56. The Morgan fingerprint density at radius 2 is 1.50 bits per heavy atom. The highest BCUT2D eigenvalue weighted by Gasteiger charge is 2.15. The van der Waals surface area contributed by atoms with Crippen molar-refractivity contribution < 1.29 is 28.6 Å². The van der Waals surface area contributed by atoms with Crippen molar-refractivity contribution in [2.75, 3.05) is 30.5 Å². The fraction of sp³-hybridized carbons (Fsp3) is 0.214. The molecule has 3 amide bonds. The van der Waals surface area contributed by atoms with Gasteiger partial charge in [0.05, 0.1) is 25.1 Å². The van der Waals surface area contributed by atoms with Crippen LogP contribution in [0.1, 0.15) is 25.0 Å². The van der Waals surface area contributed by atoms with Gasteiger partial charge < -0.3 is 24.8 Å². The van der Waals surface area contributed by atoms with E-state index < -0.39 is 11.8 Å². The number of aryl methyl sites for hydroxylation is 1. The molecule has 3 aromatic rings. The number of benzene rings is 3. The molecule has 3 aromatic carbocycles. The van der Waals surface area contributed by atoms with Crippen molar-refractivity contribution in [2.24, 2.45) is 5.10 Å². The predicted octanol–water partition coefficient (Wildman–Crippen LogP) is 3.90. The van der Waals surface area contributed by atoms with Crippen molar-refractivity contribution in [3.63, 3.8) is 0 Å². The van der Waals surface area contributed by atoms with Gasteiger partial charge in [-0.15, -0.1) is 0 Å². The van der Waals surface area contributed by atoms with Gasteiger partial charge in [0.15, 0.2) is 18.1 Å². The first kappa shape index (κ1) is 27.7. The molecule has 0 saturated carbocycles. The molecule has 0 bridgehead atoms. The third-order valence-electron chi connectivity index (χ3n) is 4.98. The summed E-state index contributed by atoms with van der Waals surface area (Å²) < 4.78 is 16.7. The number of anilines is 2. The number of amides is 3. The second-order valence-corrected chi connectivity index (χ2v) is 7.92. The molecule has 0 fully saturated rings. The molecule has 198 valence electrons. The van der Waals surface area contributed by atoms with Crippen LogP contribution in [-0.2, 0) is 14.4 Å². The van der Waals surface area contributed by atoms with Crippen LogP contribution in [0, 0.1) is 6.92 Å². The third-order valence-corrected chi connectivity index (χ3v) is 4.98. The standard InChI is InChI=1S/C28H30N4O6/c1-4-36-23-9-7-6-8-22(23)31-27(34)28(35)32-29-17-20-12-15-24(25(16-20)37-5-2)38-18-26(33)30-21-13-10-19(3)11-14-21/h6-17H,4-5,18H2,1-3H3,(H,30,33)(H,31,34)(H,32,35)/b29-17-. The molecule has 3 N–H and O–H groups in total. The van der Waals surface area contributed by atoms with E-state index in [0.717, 1.165) is 5.56 Å². The van der Waals surface area contributed by atoms with Crippen LogP contribution in [0.4, 0.5) is 11.4 Å². The Hall–Kier alpha value is -4.86. The molecule has 10 nitrogen and oxygen atoms in total. The molecule has 0 radical (unpaired) electrons. The number of ether oxygens (including phenoxy) is 3. The topological polar surface area (TPSA) is 127 Å². The summed E-state index contributed by atoms with van der Waals surface area (Å²) in [4.78, 5) is 36.7. The molecule has 0 aliphatic rings. The van der Waals surface area contributed by atoms with Gasteiger partial charge in [-0.05, 0) is 68.8 Å². The van der Waals surface area contributed by atoms with Crippen LogP contribution in [0.15, 0.2) is 71.8 Å². The molecule has 3 rings (SSSR count). The van der Waals surface area contributed by atoms with Crippen molar-refractivity contribution in [1.29, 1.82) is 0 Å². The van der Waals surface area contributed by atoms with Crippen LogP contribution in [-0.4, -0.2) is 43.8 Å². The monoisotopic (exact) mass is 518 g/mol. The molecule has 0 heterocycles. The average molecular weight is 519 g/mol. The Bertz CT molecular complexity index is 1290. The minimum atomic E-state index is -0.947. The lowest BCUT2D eigenvalue weighted by Crippen LogP contribution is -2.32. The minimum absolute atomic E-state index is 0.209. The number of hydrogen-bond acceptors (Lipinski definition) is 7. The van der Waals surface area contributed by atoms with Crippen molar-refractivity contribution in [1.82, 2.24) is 5.43 Å². The number of hydrazone groups is 1. The fourth-order valence-electron chi connectivity index (χ4n) is 3.22. The highest BCUT2D eigenvalue weighted by atomic mass is 16.5. The van der Waals surface area contributed by atoms with Crippen molar-refractivity contribution in [2.45, 2.75) is 20.8 Å². The molecule has 0 aliphatic carbocycles. The van der Waals surface area contributed by atoms with E-state index in [2.05, 4.69) is 21.2 Å². The number of nitrogens with zero attached hydrogens (tertiary/aromatic N) is 1. The van der Waals surface area contributed by atoms with Gasteiger partial charge in [-0.1, -0.05) is 29.8 Å². The zero-order valence-corrected chi connectivity index (χ0v) is 21.4. The van der Waals surface area contributed by atoms with E-state index in [1.807, 2.05) is 45.0 Å². The average Bonchev–Trinajstić information content (AvgIpc) is 2.91. The van der Waals surface area contributed by atoms with Crippen molar-refractivity contribution in [3.05, 3.63) is 77.9 Å². The molecule has 0 atom stereocenters. The number of para-hydroxylation sites is 2. The summed E-state index contributed by atoms with van der Waals surface area (Å²) >= 11 is 0. The molecular formula is C28H30N4O6. The first-order valence-corrected chi connectivity index (χ1v) is 12.0. The predicted molar refractivity (Wildman–Crippen MR) is 145 cm³/mol. The van der Waals surface area contributed by atoms with Gasteiger partial charge >= 0.3 is 11.8 Å². The van der Waals surface area contributed by atoms with Crippen LogP contribution < -0.4 is 30.3 Å². The lowest BCUT2D eigenvalue weighted by molar-refractivity contribution is -0.136. The van der Waals surface area contributed by atoms with Gasteiger partial charge in [-0.2, -0.15) is 5.10 Å². The smallest absolute Gasteiger partial charge is 0.329 e. The summed E-state index contributed by atoms with van der Waals surface area (Å²) in [7, 11) is 0. The second kappa shape index (κ2) is 14.0. The lowest BCUT2D eigenvalue weighted by atomic mass is 10.2. The minimum Gasteiger partial charge on any atom is -0.492 e. The van der Waals surface area contributed by atoms with Gasteiger partial charge in [-0.25, -0.2) is 5.43 Å². The van der Waals surface area contributed by atoms with Crippen molar-refractivity contribution in [3.8, 4) is 17.2 Å². The fourth-order valence-corrected chi connectivity index (χ4v) is 3.22. The summed E-state index contributed by atoms with van der Waals surface area (Å²) in [5.41, 5.74) is 4.91. The SMILES string of the molecule is CCOc1ccccc1NC(=O)C(=O)N/N=C\c1ccc(OCC(=O)Nc2ccc(C)cc2)c(OCC)c1. The van der Waals surface area contributed by atoms with Crippen LogP contribution >= 0.6 is 0 Å².